The Bertz CT molecular complexity index is 541. The van der Waals surface area contributed by atoms with Gasteiger partial charge < -0.3 is 0 Å². The van der Waals surface area contributed by atoms with Gasteiger partial charge in [-0.25, -0.2) is 0 Å². The third-order valence-corrected chi connectivity index (χ3v) is 3.53. The van der Waals surface area contributed by atoms with Crippen molar-refractivity contribution in [3.8, 4) is 0 Å². The molecule has 0 nitrogen and oxygen atoms in total. The van der Waals surface area contributed by atoms with Crippen molar-refractivity contribution in [2.24, 2.45) is 0 Å². The quantitative estimate of drug-likeness (QED) is 0.651. The molecule has 2 aliphatic carbocycles. The summed E-state index contributed by atoms with van der Waals surface area (Å²) >= 11 is 0. The first-order valence-corrected chi connectivity index (χ1v) is 6.17. The van der Waals surface area contributed by atoms with Gasteiger partial charge in [-0.3, -0.25) is 0 Å². The van der Waals surface area contributed by atoms with E-state index in [1.807, 2.05) is 6.08 Å². The number of fused-ring (bicyclic) bond motifs is 1. The van der Waals surface area contributed by atoms with Crippen molar-refractivity contribution in [3.63, 3.8) is 0 Å². The monoisotopic (exact) mass is 220 g/mol. The van der Waals surface area contributed by atoms with Crippen LogP contribution in [-0.2, 0) is 0 Å². The fourth-order valence-corrected chi connectivity index (χ4v) is 2.82. The van der Waals surface area contributed by atoms with Crippen LogP contribution < -0.4 is 0 Å². The van der Waals surface area contributed by atoms with Gasteiger partial charge in [0.05, 0.1) is 0 Å². The maximum atomic E-state index is 3.87. The van der Waals surface area contributed by atoms with Crippen LogP contribution in [0.25, 0.3) is 6.08 Å². The Hall–Kier alpha value is -1.82. The second-order valence-corrected chi connectivity index (χ2v) is 4.62. The van der Waals surface area contributed by atoms with Crippen LogP contribution in [0.5, 0.6) is 0 Å². The lowest BCUT2D eigenvalue weighted by Crippen LogP contribution is -2.00. The molecule has 0 radical (unpaired) electrons. The van der Waals surface area contributed by atoms with Gasteiger partial charge in [0.2, 0.25) is 0 Å². The van der Waals surface area contributed by atoms with E-state index in [4.69, 9.17) is 0 Å². The topological polar surface area (TPSA) is 0 Å². The molecule has 0 fully saturated rings. The minimum Gasteiger partial charge on any atom is -0.103 e. The number of hydrogen-bond acceptors (Lipinski definition) is 0. The van der Waals surface area contributed by atoms with E-state index >= 15 is 0 Å². The molecule has 1 aromatic rings. The third-order valence-electron chi connectivity index (χ3n) is 3.53. The molecule has 1 unspecified atom stereocenters. The molecular weight excluding hydrogens is 204 g/mol. The van der Waals surface area contributed by atoms with Crippen LogP contribution in [0, 0.1) is 0 Å². The molecule has 0 heteroatoms. The molecule has 2 aliphatic rings. The number of hydrogen-bond donors (Lipinski definition) is 0. The Morgan fingerprint density at radius 1 is 1.29 bits per heavy atom. The molecule has 0 heterocycles. The van der Waals surface area contributed by atoms with Gasteiger partial charge in [-0.1, -0.05) is 60.2 Å². The van der Waals surface area contributed by atoms with Crippen LogP contribution in [-0.4, -0.2) is 0 Å². The van der Waals surface area contributed by atoms with Gasteiger partial charge in [0.25, 0.3) is 0 Å². The van der Waals surface area contributed by atoms with E-state index in [0.717, 1.165) is 12.8 Å². The Morgan fingerprint density at radius 2 is 2.18 bits per heavy atom. The summed E-state index contributed by atoms with van der Waals surface area (Å²) in [5, 5.41) is 0. The normalized spacial score (nSPS) is 21.1. The molecular formula is C17H16. The van der Waals surface area contributed by atoms with Gasteiger partial charge >= 0.3 is 0 Å². The van der Waals surface area contributed by atoms with Crippen molar-refractivity contribution in [1.82, 2.24) is 0 Å². The Balaban J connectivity index is 2.07. The molecule has 0 N–H and O–H groups in total. The minimum atomic E-state index is 0.461. The summed E-state index contributed by atoms with van der Waals surface area (Å²) in [5.41, 5.74) is 5.74. The molecule has 1 aromatic carbocycles. The summed E-state index contributed by atoms with van der Waals surface area (Å²) in [6.45, 7) is 3.87. The maximum Gasteiger partial charge on any atom is 0.0308 e. The smallest absolute Gasteiger partial charge is 0.0308 e. The van der Waals surface area contributed by atoms with Crippen LogP contribution in [0.15, 0.2) is 66.3 Å². The molecule has 17 heavy (non-hydrogen) atoms. The van der Waals surface area contributed by atoms with Gasteiger partial charge in [-0.15, -0.1) is 6.58 Å². The standard InChI is InChI=1S/C17H16/c1-2-7-15-12-14-10-5-6-11-16(14)17(15)13-8-3-4-9-13/h2-3,5-6,8-12,17H,1,4,7H2. The number of rotatable bonds is 3. The molecule has 0 amide bonds. The van der Waals surface area contributed by atoms with Crippen LogP contribution in [0.3, 0.4) is 0 Å². The van der Waals surface area contributed by atoms with Gasteiger partial charge in [-0.2, -0.15) is 0 Å². The van der Waals surface area contributed by atoms with E-state index in [1.54, 1.807) is 0 Å². The van der Waals surface area contributed by atoms with E-state index < -0.39 is 0 Å². The van der Waals surface area contributed by atoms with Crippen molar-refractivity contribution < 1.29 is 0 Å². The molecule has 1 atom stereocenters. The highest BCUT2D eigenvalue weighted by Gasteiger charge is 2.26. The highest BCUT2D eigenvalue weighted by molar-refractivity contribution is 5.70. The second-order valence-electron chi connectivity index (χ2n) is 4.62. The molecule has 0 aliphatic heterocycles. The fraction of sp³-hybridized carbons (Fsp3) is 0.176. The summed E-state index contributed by atoms with van der Waals surface area (Å²) in [4.78, 5) is 0. The van der Waals surface area contributed by atoms with E-state index in [9.17, 15) is 0 Å². The summed E-state index contributed by atoms with van der Waals surface area (Å²) in [6, 6.07) is 8.70. The summed E-state index contributed by atoms with van der Waals surface area (Å²) in [5.74, 6) is 0.461. The molecule has 0 bridgehead atoms. The van der Waals surface area contributed by atoms with Gasteiger partial charge in [0.1, 0.15) is 0 Å². The van der Waals surface area contributed by atoms with Gasteiger partial charge in [0, 0.05) is 5.92 Å². The minimum absolute atomic E-state index is 0.461. The lowest BCUT2D eigenvalue weighted by Gasteiger charge is -2.16. The van der Waals surface area contributed by atoms with Gasteiger partial charge in [-0.05, 0) is 29.5 Å². The number of allylic oxidation sites excluding steroid dienone is 6. The van der Waals surface area contributed by atoms with Gasteiger partial charge in [0.15, 0.2) is 0 Å². The molecule has 3 rings (SSSR count). The lowest BCUT2D eigenvalue weighted by molar-refractivity contribution is 0.941. The zero-order valence-corrected chi connectivity index (χ0v) is 9.89. The highest BCUT2D eigenvalue weighted by Crippen LogP contribution is 2.44. The van der Waals surface area contributed by atoms with E-state index in [1.165, 1.54) is 22.3 Å². The van der Waals surface area contributed by atoms with E-state index in [0.29, 0.717) is 5.92 Å². The zero-order valence-electron chi connectivity index (χ0n) is 9.89. The molecule has 0 saturated carbocycles. The molecule has 0 spiro atoms. The van der Waals surface area contributed by atoms with Crippen molar-refractivity contribution in [1.29, 1.82) is 0 Å². The predicted molar refractivity (Wildman–Crippen MR) is 73.8 cm³/mol. The average Bonchev–Trinajstić information content (AvgIpc) is 2.94. The van der Waals surface area contributed by atoms with Crippen LogP contribution in [0.1, 0.15) is 29.9 Å². The van der Waals surface area contributed by atoms with E-state index in [-0.39, 0.29) is 0 Å². The van der Waals surface area contributed by atoms with Crippen molar-refractivity contribution in [2.45, 2.75) is 18.8 Å². The highest BCUT2D eigenvalue weighted by atomic mass is 14.3. The van der Waals surface area contributed by atoms with Crippen LogP contribution in [0.2, 0.25) is 0 Å². The van der Waals surface area contributed by atoms with Crippen LogP contribution >= 0.6 is 0 Å². The maximum absolute atomic E-state index is 3.87. The SMILES string of the molecule is C=CCC1=Cc2ccccc2C1C1=CCC=C1. The molecule has 0 aromatic heterocycles. The molecule has 84 valence electrons. The molecule has 0 saturated heterocycles. The summed E-state index contributed by atoms with van der Waals surface area (Å²) in [6.07, 6.45) is 13.2. The number of benzene rings is 1. The average molecular weight is 220 g/mol. The Morgan fingerprint density at radius 3 is 2.94 bits per heavy atom. The summed E-state index contributed by atoms with van der Waals surface area (Å²) in [7, 11) is 0. The first-order chi connectivity index (χ1) is 8.40. The van der Waals surface area contributed by atoms with E-state index in [2.05, 4.69) is 55.1 Å². The first kappa shape index (κ1) is 10.3. The lowest BCUT2D eigenvalue weighted by atomic mass is 9.87. The summed E-state index contributed by atoms with van der Waals surface area (Å²) < 4.78 is 0. The Labute approximate surface area is 103 Å². The second kappa shape index (κ2) is 4.21. The largest absolute Gasteiger partial charge is 0.103 e. The van der Waals surface area contributed by atoms with Crippen LogP contribution in [0.4, 0.5) is 0 Å². The fourth-order valence-electron chi connectivity index (χ4n) is 2.82. The van der Waals surface area contributed by atoms with Crippen molar-refractivity contribution in [2.75, 3.05) is 0 Å². The Kier molecular flexibility index (Phi) is 2.56. The van der Waals surface area contributed by atoms with Crippen molar-refractivity contribution >= 4 is 6.08 Å². The third kappa shape index (κ3) is 1.70. The zero-order chi connectivity index (χ0) is 11.7. The predicted octanol–water partition coefficient (Wildman–Crippen LogP) is 4.63. The van der Waals surface area contributed by atoms with Crippen molar-refractivity contribution in [3.05, 3.63) is 77.4 Å². The first-order valence-electron chi connectivity index (χ1n) is 6.17.